The molecule has 1 N–H and O–H groups in total. The molecule has 0 amide bonds. The van der Waals surface area contributed by atoms with Crippen LogP contribution in [0.1, 0.15) is 27.7 Å². The standard InChI is InChI=1S/C14H22BNO5S/c1-13(2)14(3,4)21-15(20-13)10-7-11(16-22(6,17)18)9-12(8-10)19-5/h7-9,16H,1-6H3. The fourth-order valence-corrected chi connectivity index (χ4v) is 2.67. The Bertz CT molecular complexity index is 656. The van der Waals surface area contributed by atoms with Crippen molar-refractivity contribution in [3.8, 4) is 5.75 Å². The van der Waals surface area contributed by atoms with E-state index < -0.39 is 28.3 Å². The van der Waals surface area contributed by atoms with Crippen molar-refractivity contribution >= 4 is 28.3 Å². The molecule has 0 unspecified atom stereocenters. The second-order valence-electron chi connectivity index (χ2n) is 6.46. The zero-order valence-corrected chi connectivity index (χ0v) is 14.6. The summed E-state index contributed by atoms with van der Waals surface area (Å²) in [5, 5.41) is 0. The average Bonchev–Trinajstić information content (AvgIpc) is 2.56. The van der Waals surface area contributed by atoms with Gasteiger partial charge in [-0.15, -0.1) is 0 Å². The van der Waals surface area contributed by atoms with Crippen LogP contribution in [-0.4, -0.2) is 40.1 Å². The number of anilines is 1. The maximum atomic E-state index is 11.4. The van der Waals surface area contributed by atoms with Gasteiger partial charge in [0.1, 0.15) is 5.75 Å². The van der Waals surface area contributed by atoms with E-state index in [2.05, 4.69) is 4.72 Å². The van der Waals surface area contributed by atoms with E-state index in [0.717, 1.165) is 6.26 Å². The van der Waals surface area contributed by atoms with E-state index in [-0.39, 0.29) is 0 Å². The summed E-state index contributed by atoms with van der Waals surface area (Å²) in [5.41, 5.74) is 0.173. The lowest BCUT2D eigenvalue weighted by atomic mass is 9.79. The smallest absolute Gasteiger partial charge is 0.495 e. The monoisotopic (exact) mass is 327 g/mol. The van der Waals surface area contributed by atoms with Gasteiger partial charge in [-0.2, -0.15) is 0 Å². The molecule has 122 valence electrons. The predicted molar refractivity (Wildman–Crippen MR) is 87.2 cm³/mol. The Kier molecular flexibility index (Phi) is 4.23. The molecule has 8 heteroatoms. The van der Waals surface area contributed by atoms with E-state index in [0.29, 0.717) is 16.9 Å². The van der Waals surface area contributed by atoms with Crippen LogP contribution >= 0.6 is 0 Å². The van der Waals surface area contributed by atoms with Crippen LogP contribution < -0.4 is 14.9 Å². The van der Waals surface area contributed by atoms with Crippen molar-refractivity contribution in [1.29, 1.82) is 0 Å². The first-order valence-corrected chi connectivity index (χ1v) is 8.85. The van der Waals surface area contributed by atoms with E-state index in [1.54, 1.807) is 18.2 Å². The van der Waals surface area contributed by atoms with Crippen molar-refractivity contribution in [3.63, 3.8) is 0 Å². The molecule has 0 atom stereocenters. The van der Waals surface area contributed by atoms with Crippen LogP contribution in [0.5, 0.6) is 5.75 Å². The third-order valence-electron chi connectivity index (χ3n) is 3.99. The summed E-state index contributed by atoms with van der Waals surface area (Å²) < 4.78 is 42.5. The summed E-state index contributed by atoms with van der Waals surface area (Å²) in [6.45, 7) is 7.84. The van der Waals surface area contributed by atoms with Crippen LogP contribution in [0.4, 0.5) is 5.69 Å². The van der Waals surface area contributed by atoms with E-state index in [4.69, 9.17) is 14.0 Å². The molecule has 1 aliphatic heterocycles. The zero-order valence-electron chi connectivity index (χ0n) is 13.8. The Balaban J connectivity index is 2.38. The topological polar surface area (TPSA) is 73.9 Å². The Labute approximate surface area is 132 Å². The van der Waals surface area contributed by atoms with E-state index in [1.165, 1.54) is 7.11 Å². The van der Waals surface area contributed by atoms with Crippen molar-refractivity contribution in [2.45, 2.75) is 38.9 Å². The zero-order chi connectivity index (χ0) is 16.8. The molecule has 0 bridgehead atoms. The van der Waals surface area contributed by atoms with Crippen molar-refractivity contribution in [2.24, 2.45) is 0 Å². The minimum atomic E-state index is -3.38. The summed E-state index contributed by atoms with van der Waals surface area (Å²) in [6, 6.07) is 5.07. The summed E-state index contributed by atoms with van der Waals surface area (Å²) in [4.78, 5) is 0. The molecular formula is C14H22BNO5S. The van der Waals surface area contributed by atoms with Gasteiger partial charge in [0.2, 0.25) is 10.0 Å². The van der Waals surface area contributed by atoms with Gasteiger partial charge in [-0.3, -0.25) is 4.72 Å². The SMILES string of the molecule is COc1cc(NS(C)(=O)=O)cc(B2OC(C)(C)C(C)(C)O2)c1. The van der Waals surface area contributed by atoms with Gasteiger partial charge < -0.3 is 14.0 Å². The highest BCUT2D eigenvalue weighted by Gasteiger charge is 2.51. The minimum absolute atomic E-state index is 0.409. The van der Waals surface area contributed by atoms with Crippen molar-refractivity contribution < 1.29 is 22.5 Å². The van der Waals surface area contributed by atoms with E-state index in [1.807, 2.05) is 27.7 Å². The van der Waals surface area contributed by atoms with Gasteiger partial charge >= 0.3 is 7.12 Å². The molecule has 1 aliphatic rings. The first-order valence-electron chi connectivity index (χ1n) is 6.96. The summed E-state index contributed by atoms with van der Waals surface area (Å²) in [7, 11) is -2.44. The number of ether oxygens (including phenoxy) is 1. The Hall–Kier alpha value is -1.25. The summed E-state index contributed by atoms with van der Waals surface area (Å²) in [5.74, 6) is 0.526. The van der Waals surface area contributed by atoms with Crippen molar-refractivity contribution in [1.82, 2.24) is 0 Å². The van der Waals surface area contributed by atoms with Gasteiger partial charge in [-0.25, -0.2) is 8.42 Å². The molecule has 1 saturated heterocycles. The van der Waals surface area contributed by atoms with Crippen LogP contribution in [0.2, 0.25) is 0 Å². The number of hydrogen-bond acceptors (Lipinski definition) is 5. The Morgan fingerprint density at radius 3 is 2.09 bits per heavy atom. The second-order valence-corrected chi connectivity index (χ2v) is 8.21. The number of benzene rings is 1. The number of nitrogens with one attached hydrogen (secondary N) is 1. The van der Waals surface area contributed by atoms with Crippen LogP contribution in [0, 0.1) is 0 Å². The molecule has 0 aliphatic carbocycles. The van der Waals surface area contributed by atoms with Crippen LogP contribution in [-0.2, 0) is 19.3 Å². The lowest BCUT2D eigenvalue weighted by Gasteiger charge is -2.32. The first kappa shape index (κ1) is 17.1. The fraction of sp³-hybridized carbons (Fsp3) is 0.571. The average molecular weight is 327 g/mol. The lowest BCUT2D eigenvalue weighted by molar-refractivity contribution is 0.00578. The first-order chi connectivity index (χ1) is 9.93. The lowest BCUT2D eigenvalue weighted by Crippen LogP contribution is -2.41. The van der Waals surface area contributed by atoms with Gasteiger partial charge in [0.15, 0.2) is 0 Å². The quantitative estimate of drug-likeness (QED) is 0.846. The van der Waals surface area contributed by atoms with Gasteiger partial charge in [0, 0.05) is 6.07 Å². The molecule has 0 spiro atoms. The largest absolute Gasteiger partial charge is 0.497 e. The fourth-order valence-electron chi connectivity index (χ4n) is 2.13. The highest BCUT2D eigenvalue weighted by atomic mass is 32.2. The second kappa shape index (κ2) is 5.44. The number of sulfonamides is 1. The van der Waals surface area contributed by atoms with E-state index >= 15 is 0 Å². The van der Waals surface area contributed by atoms with Gasteiger partial charge in [-0.05, 0) is 45.3 Å². The van der Waals surface area contributed by atoms with Crippen LogP contribution in [0.25, 0.3) is 0 Å². The molecule has 1 fully saturated rings. The molecule has 1 aromatic rings. The Morgan fingerprint density at radius 2 is 1.64 bits per heavy atom. The maximum Gasteiger partial charge on any atom is 0.495 e. The highest BCUT2D eigenvalue weighted by molar-refractivity contribution is 7.92. The number of rotatable bonds is 4. The van der Waals surface area contributed by atoms with Crippen molar-refractivity contribution in [2.75, 3.05) is 18.1 Å². The predicted octanol–water partition coefficient (Wildman–Crippen LogP) is 1.37. The molecule has 22 heavy (non-hydrogen) atoms. The molecular weight excluding hydrogens is 305 g/mol. The molecule has 6 nitrogen and oxygen atoms in total. The van der Waals surface area contributed by atoms with Gasteiger partial charge in [0.05, 0.1) is 30.3 Å². The maximum absolute atomic E-state index is 11.4. The summed E-state index contributed by atoms with van der Waals surface area (Å²) >= 11 is 0. The molecule has 1 aromatic carbocycles. The summed E-state index contributed by atoms with van der Waals surface area (Å²) in [6.07, 6.45) is 1.10. The van der Waals surface area contributed by atoms with Crippen LogP contribution in [0.15, 0.2) is 18.2 Å². The van der Waals surface area contributed by atoms with Gasteiger partial charge in [-0.1, -0.05) is 0 Å². The van der Waals surface area contributed by atoms with Crippen LogP contribution in [0.3, 0.4) is 0 Å². The molecule has 1 heterocycles. The third-order valence-corrected chi connectivity index (χ3v) is 4.60. The normalized spacial score (nSPS) is 20.0. The number of methoxy groups -OCH3 is 1. The minimum Gasteiger partial charge on any atom is -0.497 e. The number of hydrogen-bond donors (Lipinski definition) is 1. The third kappa shape index (κ3) is 3.56. The highest BCUT2D eigenvalue weighted by Crippen LogP contribution is 2.36. The Morgan fingerprint density at radius 1 is 1.09 bits per heavy atom. The molecule has 0 radical (unpaired) electrons. The van der Waals surface area contributed by atoms with Gasteiger partial charge in [0.25, 0.3) is 0 Å². The molecule has 2 rings (SSSR count). The van der Waals surface area contributed by atoms with Crippen molar-refractivity contribution in [3.05, 3.63) is 18.2 Å². The van der Waals surface area contributed by atoms with E-state index in [9.17, 15) is 8.42 Å². The molecule has 0 aromatic heterocycles. The molecule has 0 saturated carbocycles.